The molecule has 4 nitrogen and oxygen atoms in total. The van der Waals surface area contributed by atoms with Crippen LogP contribution in [0.15, 0.2) is 0 Å². The van der Waals surface area contributed by atoms with Crippen molar-refractivity contribution in [2.75, 3.05) is 0 Å². The fraction of sp³-hybridized carbons (Fsp3) is 0.778. The van der Waals surface area contributed by atoms with Gasteiger partial charge in [0.25, 0.3) is 0 Å². The van der Waals surface area contributed by atoms with Crippen molar-refractivity contribution in [2.45, 2.75) is 46.7 Å². The van der Waals surface area contributed by atoms with Gasteiger partial charge in [0.15, 0.2) is 0 Å². The molecule has 0 aliphatic rings. The molecule has 0 saturated heterocycles. The largest absolute Gasteiger partial charge is 0.417 e. The Morgan fingerprint density at radius 2 is 1.46 bits per heavy atom. The van der Waals surface area contributed by atoms with Crippen molar-refractivity contribution in [2.24, 2.45) is 0 Å². The monoisotopic (exact) mass is 187 g/mol. The maximum Gasteiger partial charge on any atom is 0.417 e. The fourth-order valence-corrected chi connectivity index (χ4v) is 1.19. The van der Waals surface area contributed by atoms with Crippen molar-refractivity contribution in [3.63, 3.8) is 0 Å². The van der Waals surface area contributed by atoms with Gasteiger partial charge in [0, 0.05) is 19.0 Å². The minimum atomic E-state index is -0.573. The number of carbonyl (C=O) groups excluding carboxylic acids is 2. The number of hydrogen-bond acceptors (Lipinski definition) is 3. The molecule has 0 spiro atoms. The van der Waals surface area contributed by atoms with Gasteiger partial charge in [0.1, 0.15) is 0 Å². The van der Waals surface area contributed by atoms with Crippen LogP contribution in [0.2, 0.25) is 0 Å². The van der Waals surface area contributed by atoms with Crippen LogP contribution >= 0.6 is 0 Å². The number of nitrogens with zero attached hydrogens (tertiary/aromatic N) is 1. The zero-order valence-corrected chi connectivity index (χ0v) is 8.83. The third kappa shape index (κ3) is 3.92. The van der Waals surface area contributed by atoms with E-state index in [1.807, 2.05) is 27.7 Å². The first kappa shape index (κ1) is 11.9. The molecule has 0 atom stereocenters. The Kier molecular flexibility index (Phi) is 4.45. The Morgan fingerprint density at radius 3 is 1.69 bits per heavy atom. The zero-order chi connectivity index (χ0) is 10.6. The molecule has 0 aromatic carbocycles. The average Bonchev–Trinajstić information content (AvgIpc) is 1.81. The molecule has 0 heterocycles. The molecular weight excluding hydrogens is 170 g/mol. The van der Waals surface area contributed by atoms with E-state index >= 15 is 0 Å². The lowest BCUT2D eigenvalue weighted by molar-refractivity contribution is -0.136. The summed E-state index contributed by atoms with van der Waals surface area (Å²) in [5.41, 5.74) is 0. The van der Waals surface area contributed by atoms with Gasteiger partial charge in [0.05, 0.1) is 0 Å². The van der Waals surface area contributed by atoms with Gasteiger partial charge < -0.3 is 9.64 Å². The van der Waals surface area contributed by atoms with Crippen LogP contribution in [0.3, 0.4) is 0 Å². The molecule has 0 bridgehead atoms. The Balaban J connectivity index is 4.38. The van der Waals surface area contributed by atoms with Crippen LogP contribution in [0.1, 0.15) is 34.6 Å². The molecule has 0 fully saturated rings. The molecule has 0 aromatic rings. The molecule has 13 heavy (non-hydrogen) atoms. The van der Waals surface area contributed by atoms with Crippen molar-refractivity contribution in [3.8, 4) is 0 Å². The first-order valence-electron chi connectivity index (χ1n) is 4.37. The van der Waals surface area contributed by atoms with Gasteiger partial charge in [-0.3, -0.25) is 4.79 Å². The highest BCUT2D eigenvalue weighted by Gasteiger charge is 2.22. The maximum atomic E-state index is 11.3. The standard InChI is InChI=1S/C9H17NO3/c1-6(2)10(7(3)4)9(12)13-8(5)11/h6-7H,1-5H3. The molecule has 0 unspecified atom stereocenters. The molecule has 0 aliphatic heterocycles. The van der Waals surface area contributed by atoms with Crippen molar-refractivity contribution in [3.05, 3.63) is 0 Å². The molecule has 1 amide bonds. The van der Waals surface area contributed by atoms with Gasteiger partial charge in [-0.05, 0) is 27.7 Å². The van der Waals surface area contributed by atoms with Crippen LogP contribution in [-0.4, -0.2) is 29.0 Å². The average molecular weight is 187 g/mol. The third-order valence-corrected chi connectivity index (χ3v) is 1.55. The zero-order valence-electron chi connectivity index (χ0n) is 8.83. The van der Waals surface area contributed by atoms with Crippen LogP contribution in [0, 0.1) is 0 Å². The van der Waals surface area contributed by atoms with E-state index in [1.165, 1.54) is 11.8 Å². The van der Waals surface area contributed by atoms with Gasteiger partial charge in [0.2, 0.25) is 0 Å². The predicted octanol–water partition coefficient (Wildman–Crippen LogP) is 1.79. The Bertz CT molecular complexity index is 191. The van der Waals surface area contributed by atoms with E-state index < -0.39 is 12.1 Å². The summed E-state index contributed by atoms with van der Waals surface area (Å²) in [5.74, 6) is -0.573. The Labute approximate surface area is 78.9 Å². The van der Waals surface area contributed by atoms with Crippen LogP contribution in [0.4, 0.5) is 4.79 Å². The molecule has 0 radical (unpaired) electrons. The maximum absolute atomic E-state index is 11.3. The van der Waals surface area contributed by atoms with Crippen molar-refractivity contribution < 1.29 is 14.3 Å². The summed E-state index contributed by atoms with van der Waals surface area (Å²) < 4.78 is 4.48. The van der Waals surface area contributed by atoms with Crippen molar-refractivity contribution >= 4 is 12.1 Å². The molecule has 0 aliphatic carbocycles. The summed E-state index contributed by atoms with van der Waals surface area (Å²) in [4.78, 5) is 23.4. The smallest absolute Gasteiger partial charge is 0.376 e. The van der Waals surface area contributed by atoms with Gasteiger partial charge in [-0.25, -0.2) is 4.79 Å². The molecule has 0 saturated carbocycles. The normalized spacial score (nSPS) is 10.4. The van der Waals surface area contributed by atoms with Crippen LogP contribution < -0.4 is 0 Å². The Morgan fingerprint density at radius 1 is 1.08 bits per heavy atom. The van der Waals surface area contributed by atoms with E-state index in [1.54, 1.807) is 0 Å². The third-order valence-electron chi connectivity index (χ3n) is 1.55. The van der Waals surface area contributed by atoms with Gasteiger partial charge in [-0.15, -0.1) is 0 Å². The van der Waals surface area contributed by atoms with E-state index in [-0.39, 0.29) is 12.1 Å². The molecule has 0 N–H and O–H groups in total. The summed E-state index contributed by atoms with van der Waals surface area (Å²) in [6.07, 6.45) is -0.572. The number of hydrogen-bond donors (Lipinski definition) is 0. The highest BCUT2D eigenvalue weighted by Crippen LogP contribution is 2.07. The summed E-state index contributed by atoms with van der Waals surface area (Å²) in [6, 6.07) is 0.0682. The molecular formula is C9H17NO3. The second kappa shape index (κ2) is 4.84. The second-order valence-corrected chi connectivity index (χ2v) is 3.45. The lowest BCUT2D eigenvalue weighted by atomic mass is 10.2. The van der Waals surface area contributed by atoms with Crippen LogP contribution in [-0.2, 0) is 9.53 Å². The highest BCUT2D eigenvalue weighted by atomic mass is 16.6. The van der Waals surface area contributed by atoms with Crippen LogP contribution in [0.25, 0.3) is 0 Å². The van der Waals surface area contributed by atoms with E-state index in [2.05, 4.69) is 4.74 Å². The highest BCUT2D eigenvalue weighted by molar-refractivity contribution is 5.83. The number of carbonyl (C=O) groups is 2. The molecule has 0 rings (SSSR count). The number of rotatable bonds is 2. The molecule has 76 valence electrons. The summed E-state index contributed by atoms with van der Waals surface area (Å²) in [6.45, 7) is 8.72. The number of esters is 1. The predicted molar refractivity (Wildman–Crippen MR) is 49.3 cm³/mol. The summed E-state index contributed by atoms with van der Waals surface area (Å²) >= 11 is 0. The van der Waals surface area contributed by atoms with Crippen molar-refractivity contribution in [1.82, 2.24) is 4.90 Å². The van der Waals surface area contributed by atoms with Crippen molar-refractivity contribution in [1.29, 1.82) is 0 Å². The topological polar surface area (TPSA) is 46.6 Å². The number of ether oxygens (including phenoxy) is 1. The number of amides is 1. The summed E-state index contributed by atoms with van der Waals surface area (Å²) in [7, 11) is 0. The first-order valence-corrected chi connectivity index (χ1v) is 4.37. The quantitative estimate of drug-likeness (QED) is 0.489. The SMILES string of the molecule is CC(=O)OC(=O)N(C(C)C)C(C)C. The van der Waals surface area contributed by atoms with E-state index in [0.717, 1.165) is 0 Å². The van der Waals surface area contributed by atoms with E-state index in [4.69, 9.17) is 0 Å². The second-order valence-electron chi connectivity index (χ2n) is 3.45. The van der Waals surface area contributed by atoms with Gasteiger partial charge >= 0.3 is 12.1 Å². The van der Waals surface area contributed by atoms with Gasteiger partial charge in [-0.2, -0.15) is 0 Å². The van der Waals surface area contributed by atoms with E-state index in [0.29, 0.717) is 0 Å². The lowest BCUT2D eigenvalue weighted by Crippen LogP contribution is -2.42. The fourth-order valence-electron chi connectivity index (χ4n) is 1.19. The Hall–Kier alpha value is -1.06. The molecule has 0 aromatic heterocycles. The lowest BCUT2D eigenvalue weighted by Gasteiger charge is -2.28. The van der Waals surface area contributed by atoms with E-state index in [9.17, 15) is 9.59 Å². The van der Waals surface area contributed by atoms with Crippen LogP contribution in [0.5, 0.6) is 0 Å². The summed E-state index contributed by atoms with van der Waals surface area (Å²) in [5, 5.41) is 0. The minimum Gasteiger partial charge on any atom is -0.376 e. The first-order chi connectivity index (χ1) is 5.86. The molecule has 4 heteroatoms. The van der Waals surface area contributed by atoms with Gasteiger partial charge in [-0.1, -0.05) is 0 Å². The minimum absolute atomic E-state index is 0.0341.